The first-order valence-corrected chi connectivity index (χ1v) is 6.80. The predicted octanol–water partition coefficient (Wildman–Crippen LogP) is 2.24. The van der Waals surface area contributed by atoms with Gasteiger partial charge >= 0.3 is 5.97 Å². The zero-order valence-corrected chi connectivity index (χ0v) is 12.4. The van der Waals surface area contributed by atoms with E-state index in [1.807, 2.05) is 20.8 Å². The molecule has 1 aromatic heterocycles. The summed E-state index contributed by atoms with van der Waals surface area (Å²) in [6, 6.07) is -0.943. The number of aliphatic carboxylic acids is 1. The molecule has 0 aromatic carbocycles. The van der Waals surface area contributed by atoms with Gasteiger partial charge in [-0.1, -0.05) is 38.8 Å². The van der Waals surface area contributed by atoms with E-state index in [2.05, 4.69) is 15.3 Å². The highest BCUT2D eigenvalue weighted by Gasteiger charge is 2.22. The van der Waals surface area contributed by atoms with Gasteiger partial charge in [-0.25, -0.2) is 14.8 Å². The first kappa shape index (κ1) is 16.4. The van der Waals surface area contributed by atoms with Crippen LogP contribution in [0.2, 0.25) is 5.02 Å². The van der Waals surface area contributed by atoms with Gasteiger partial charge in [-0.05, 0) is 6.42 Å². The Morgan fingerprint density at radius 1 is 1.45 bits per heavy atom. The van der Waals surface area contributed by atoms with Crippen molar-refractivity contribution in [3.05, 3.63) is 22.7 Å². The van der Waals surface area contributed by atoms with E-state index in [9.17, 15) is 9.59 Å². The van der Waals surface area contributed by atoms with E-state index in [4.69, 9.17) is 16.7 Å². The van der Waals surface area contributed by atoms with Gasteiger partial charge in [0, 0.05) is 5.92 Å². The molecule has 0 radical (unpaired) electrons. The largest absolute Gasteiger partial charge is 0.480 e. The Labute approximate surface area is 122 Å². The van der Waals surface area contributed by atoms with Crippen molar-refractivity contribution in [2.24, 2.45) is 0 Å². The highest BCUT2D eigenvalue weighted by Crippen LogP contribution is 2.16. The van der Waals surface area contributed by atoms with E-state index in [-0.39, 0.29) is 16.6 Å². The summed E-state index contributed by atoms with van der Waals surface area (Å²) in [5.74, 6) is -1.14. The summed E-state index contributed by atoms with van der Waals surface area (Å²) in [5.41, 5.74) is 0.00715. The van der Waals surface area contributed by atoms with Crippen LogP contribution >= 0.6 is 11.6 Å². The number of nitrogens with zero attached hydrogens (tertiary/aromatic N) is 2. The van der Waals surface area contributed by atoms with Gasteiger partial charge in [0.25, 0.3) is 5.91 Å². The van der Waals surface area contributed by atoms with Gasteiger partial charge in [-0.2, -0.15) is 0 Å². The maximum Gasteiger partial charge on any atom is 0.326 e. The highest BCUT2D eigenvalue weighted by molar-refractivity contribution is 6.33. The van der Waals surface area contributed by atoms with Crippen molar-refractivity contribution in [3.8, 4) is 0 Å². The van der Waals surface area contributed by atoms with Crippen LogP contribution in [0.25, 0.3) is 0 Å². The van der Waals surface area contributed by atoms with Gasteiger partial charge in [0.15, 0.2) is 0 Å². The van der Waals surface area contributed by atoms with Gasteiger partial charge in [-0.3, -0.25) is 4.79 Å². The summed E-state index contributed by atoms with van der Waals surface area (Å²) < 4.78 is 0. The summed E-state index contributed by atoms with van der Waals surface area (Å²) in [6.45, 7) is 5.63. The fraction of sp³-hybridized carbons (Fsp3) is 0.538. The molecule has 1 rings (SSSR count). The first-order chi connectivity index (χ1) is 9.36. The lowest BCUT2D eigenvalue weighted by molar-refractivity contribution is -0.139. The van der Waals surface area contributed by atoms with E-state index in [0.717, 1.165) is 0 Å². The average molecular weight is 300 g/mol. The number of hydrogen-bond donors (Lipinski definition) is 2. The minimum absolute atomic E-state index is 0.00715. The van der Waals surface area contributed by atoms with Crippen molar-refractivity contribution in [1.29, 1.82) is 0 Å². The van der Waals surface area contributed by atoms with Crippen molar-refractivity contribution in [2.45, 2.75) is 45.6 Å². The van der Waals surface area contributed by atoms with Crippen LogP contribution in [0.15, 0.2) is 6.20 Å². The number of carboxylic acids is 1. The summed E-state index contributed by atoms with van der Waals surface area (Å²) in [6.07, 6.45) is 2.35. The number of carbonyl (C=O) groups is 2. The van der Waals surface area contributed by atoms with Crippen LogP contribution in [0.1, 0.15) is 55.8 Å². The van der Waals surface area contributed by atoms with Gasteiger partial charge in [0.05, 0.1) is 11.2 Å². The molecule has 7 heteroatoms. The predicted molar refractivity (Wildman–Crippen MR) is 74.9 cm³/mol. The minimum atomic E-state index is -1.07. The maximum absolute atomic E-state index is 12.1. The normalized spacial score (nSPS) is 12.2. The Balaban J connectivity index is 2.96. The molecule has 0 aliphatic rings. The average Bonchev–Trinajstić information content (AvgIpc) is 2.38. The van der Waals surface area contributed by atoms with E-state index in [1.54, 1.807) is 0 Å². The fourth-order valence-electron chi connectivity index (χ4n) is 1.59. The number of nitrogens with one attached hydrogen (secondary N) is 1. The monoisotopic (exact) mass is 299 g/mol. The highest BCUT2D eigenvalue weighted by atomic mass is 35.5. The molecule has 1 amide bonds. The molecule has 2 N–H and O–H groups in total. The SMILES string of the molecule is CCC[C@@H](NC(=O)c1nc(C(C)C)ncc1Cl)C(=O)O. The third-order valence-electron chi connectivity index (χ3n) is 2.67. The Bertz CT molecular complexity index is 506. The van der Waals surface area contributed by atoms with Crippen molar-refractivity contribution >= 4 is 23.5 Å². The summed E-state index contributed by atoms with van der Waals surface area (Å²) in [7, 11) is 0. The number of carboxylic acid groups (broad SMARTS) is 1. The molecule has 0 saturated heterocycles. The molecule has 1 aromatic rings. The number of amides is 1. The van der Waals surface area contributed by atoms with E-state index >= 15 is 0 Å². The third kappa shape index (κ3) is 4.16. The minimum Gasteiger partial charge on any atom is -0.480 e. The number of halogens is 1. The third-order valence-corrected chi connectivity index (χ3v) is 2.95. The van der Waals surface area contributed by atoms with E-state index in [1.165, 1.54) is 6.20 Å². The summed E-state index contributed by atoms with van der Waals surface area (Å²) in [5, 5.41) is 11.6. The molecule has 6 nitrogen and oxygen atoms in total. The molecule has 0 spiro atoms. The Morgan fingerprint density at radius 2 is 2.10 bits per heavy atom. The molecule has 0 aliphatic carbocycles. The zero-order chi connectivity index (χ0) is 15.3. The maximum atomic E-state index is 12.1. The Kier molecular flexibility index (Phi) is 5.88. The number of carbonyl (C=O) groups excluding carboxylic acids is 1. The van der Waals surface area contributed by atoms with Crippen molar-refractivity contribution in [1.82, 2.24) is 15.3 Å². The fourth-order valence-corrected chi connectivity index (χ4v) is 1.77. The zero-order valence-electron chi connectivity index (χ0n) is 11.7. The van der Waals surface area contributed by atoms with E-state index in [0.29, 0.717) is 18.7 Å². The Hall–Kier alpha value is -1.69. The van der Waals surface area contributed by atoms with E-state index < -0.39 is 17.9 Å². The molecule has 110 valence electrons. The van der Waals surface area contributed by atoms with Crippen LogP contribution in [0.4, 0.5) is 0 Å². The molecule has 20 heavy (non-hydrogen) atoms. The van der Waals surface area contributed by atoms with Crippen LogP contribution in [0.3, 0.4) is 0 Å². The lowest BCUT2D eigenvalue weighted by atomic mass is 10.1. The summed E-state index contributed by atoms with van der Waals surface area (Å²) in [4.78, 5) is 31.2. The van der Waals surface area contributed by atoms with Gasteiger partial charge < -0.3 is 10.4 Å². The van der Waals surface area contributed by atoms with Gasteiger partial charge in [0.2, 0.25) is 0 Å². The summed E-state index contributed by atoms with van der Waals surface area (Å²) >= 11 is 5.90. The molecule has 0 saturated carbocycles. The first-order valence-electron chi connectivity index (χ1n) is 6.42. The van der Waals surface area contributed by atoms with Crippen molar-refractivity contribution in [2.75, 3.05) is 0 Å². The molecular weight excluding hydrogens is 282 g/mol. The van der Waals surface area contributed by atoms with Crippen LogP contribution < -0.4 is 5.32 Å². The number of hydrogen-bond acceptors (Lipinski definition) is 4. The number of rotatable bonds is 6. The standard InChI is InChI=1S/C13H18ClN3O3/c1-4-5-9(13(19)20)16-12(18)10-8(14)6-15-11(17-10)7(2)3/h6-7,9H,4-5H2,1-3H3,(H,16,18)(H,19,20)/t9-/m1/s1. The van der Waals surface area contributed by atoms with Crippen LogP contribution in [0.5, 0.6) is 0 Å². The van der Waals surface area contributed by atoms with Crippen LogP contribution in [-0.4, -0.2) is 33.0 Å². The number of aromatic nitrogens is 2. The smallest absolute Gasteiger partial charge is 0.326 e. The van der Waals surface area contributed by atoms with Gasteiger partial charge in [0.1, 0.15) is 17.6 Å². The second-order valence-corrected chi connectivity index (χ2v) is 5.14. The quantitative estimate of drug-likeness (QED) is 0.840. The second kappa shape index (κ2) is 7.19. The molecule has 0 unspecified atom stereocenters. The molecule has 0 fully saturated rings. The molecule has 0 bridgehead atoms. The Morgan fingerprint density at radius 3 is 2.60 bits per heavy atom. The molecule has 1 heterocycles. The topological polar surface area (TPSA) is 92.2 Å². The molecule has 0 aliphatic heterocycles. The second-order valence-electron chi connectivity index (χ2n) is 4.73. The van der Waals surface area contributed by atoms with Crippen molar-refractivity contribution < 1.29 is 14.7 Å². The van der Waals surface area contributed by atoms with Crippen LogP contribution in [-0.2, 0) is 4.79 Å². The lowest BCUT2D eigenvalue weighted by Gasteiger charge is -2.14. The van der Waals surface area contributed by atoms with Crippen molar-refractivity contribution in [3.63, 3.8) is 0 Å². The molecule has 1 atom stereocenters. The van der Waals surface area contributed by atoms with Gasteiger partial charge in [-0.15, -0.1) is 0 Å². The molecular formula is C13H18ClN3O3. The lowest BCUT2D eigenvalue weighted by Crippen LogP contribution is -2.41. The van der Waals surface area contributed by atoms with Crippen LogP contribution in [0, 0.1) is 0 Å².